The van der Waals surface area contributed by atoms with Crippen LogP contribution in [0.4, 0.5) is 5.69 Å². The number of hydrogen-bond donors (Lipinski definition) is 2. The van der Waals surface area contributed by atoms with E-state index in [2.05, 4.69) is 10.6 Å². The van der Waals surface area contributed by atoms with E-state index < -0.39 is 9.84 Å². The molecule has 1 heterocycles. The minimum atomic E-state index is -2.90. The van der Waals surface area contributed by atoms with E-state index in [0.717, 1.165) is 17.8 Å². The van der Waals surface area contributed by atoms with Gasteiger partial charge in [0.25, 0.3) is 5.91 Å². The smallest absolute Gasteiger partial charge is 0.253 e. The summed E-state index contributed by atoms with van der Waals surface area (Å²) in [5.74, 6) is 0.174. The van der Waals surface area contributed by atoms with Gasteiger partial charge in [0.15, 0.2) is 0 Å². The summed E-state index contributed by atoms with van der Waals surface area (Å²) in [6.07, 6.45) is 0.993. The van der Waals surface area contributed by atoms with Crippen LogP contribution in [0.2, 0.25) is 0 Å². The summed E-state index contributed by atoms with van der Waals surface area (Å²) in [4.78, 5) is 12.4. The average molecular weight is 310 g/mol. The van der Waals surface area contributed by atoms with Gasteiger partial charge in [-0.25, -0.2) is 8.42 Å². The van der Waals surface area contributed by atoms with E-state index in [9.17, 15) is 13.2 Å². The molecule has 1 aliphatic heterocycles. The fraction of sp³-hybridized carbons (Fsp3) is 0.533. The molecule has 0 spiro atoms. The van der Waals surface area contributed by atoms with Gasteiger partial charge in [-0.2, -0.15) is 0 Å². The quantitative estimate of drug-likeness (QED) is 0.888. The number of benzene rings is 1. The molecule has 1 aliphatic rings. The molecule has 2 N–H and O–H groups in total. The lowest BCUT2D eigenvalue weighted by atomic mass is 10.1. The van der Waals surface area contributed by atoms with Gasteiger partial charge in [0, 0.05) is 18.3 Å². The van der Waals surface area contributed by atoms with Gasteiger partial charge in [-0.15, -0.1) is 0 Å². The Labute approximate surface area is 126 Å². The van der Waals surface area contributed by atoms with E-state index in [1.807, 2.05) is 32.0 Å². The van der Waals surface area contributed by atoms with E-state index in [4.69, 9.17) is 0 Å². The first-order valence-corrected chi connectivity index (χ1v) is 9.09. The maximum Gasteiger partial charge on any atom is 0.253 e. The SMILES string of the molecule is CCNc1cc(C)ccc1C(=O)NC1CCS(=O)(=O)CC1. The molecule has 0 radical (unpaired) electrons. The highest BCUT2D eigenvalue weighted by atomic mass is 32.2. The van der Waals surface area contributed by atoms with E-state index in [0.29, 0.717) is 18.4 Å². The Bertz CT molecular complexity index is 612. The summed E-state index contributed by atoms with van der Waals surface area (Å²) < 4.78 is 22.8. The molecular formula is C15H22N2O3S. The van der Waals surface area contributed by atoms with Gasteiger partial charge in [0.1, 0.15) is 9.84 Å². The molecular weight excluding hydrogens is 288 g/mol. The summed E-state index contributed by atoms with van der Waals surface area (Å²) in [6.45, 7) is 4.70. The number of anilines is 1. The normalized spacial score (nSPS) is 18.2. The summed E-state index contributed by atoms with van der Waals surface area (Å²) in [6, 6.07) is 5.60. The molecule has 0 unspecified atom stereocenters. The lowest BCUT2D eigenvalue weighted by Crippen LogP contribution is -2.41. The van der Waals surface area contributed by atoms with Crippen molar-refractivity contribution >= 4 is 21.4 Å². The van der Waals surface area contributed by atoms with Crippen LogP contribution >= 0.6 is 0 Å². The highest BCUT2D eigenvalue weighted by molar-refractivity contribution is 7.91. The minimum absolute atomic E-state index is 0.0585. The molecule has 0 bridgehead atoms. The lowest BCUT2D eigenvalue weighted by molar-refractivity contribution is 0.0935. The Morgan fingerprint density at radius 2 is 1.95 bits per heavy atom. The first-order chi connectivity index (χ1) is 9.91. The third-order valence-corrected chi connectivity index (χ3v) is 5.39. The molecule has 1 fully saturated rings. The molecule has 1 amide bonds. The van der Waals surface area contributed by atoms with Crippen LogP contribution in [-0.4, -0.2) is 38.4 Å². The van der Waals surface area contributed by atoms with Crippen molar-refractivity contribution < 1.29 is 13.2 Å². The van der Waals surface area contributed by atoms with Gasteiger partial charge in [0.2, 0.25) is 0 Å². The fourth-order valence-electron chi connectivity index (χ4n) is 2.49. The van der Waals surface area contributed by atoms with Crippen LogP contribution in [0.5, 0.6) is 0 Å². The van der Waals surface area contributed by atoms with Crippen LogP contribution in [-0.2, 0) is 9.84 Å². The van der Waals surface area contributed by atoms with Crippen molar-refractivity contribution in [2.24, 2.45) is 0 Å². The van der Waals surface area contributed by atoms with Gasteiger partial charge >= 0.3 is 0 Å². The van der Waals surface area contributed by atoms with Gasteiger partial charge in [-0.1, -0.05) is 6.07 Å². The number of amides is 1. The first-order valence-electron chi connectivity index (χ1n) is 7.27. The summed E-state index contributed by atoms with van der Waals surface area (Å²) in [7, 11) is -2.90. The van der Waals surface area contributed by atoms with Crippen LogP contribution in [0.3, 0.4) is 0 Å². The molecule has 21 heavy (non-hydrogen) atoms. The van der Waals surface area contributed by atoms with Gasteiger partial charge < -0.3 is 10.6 Å². The van der Waals surface area contributed by atoms with E-state index in [1.165, 1.54) is 0 Å². The maximum atomic E-state index is 12.4. The van der Waals surface area contributed by atoms with Crippen molar-refractivity contribution in [3.63, 3.8) is 0 Å². The van der Waals surface area contributed by atoms with E-state index in [1.54, 1.807) is 0 Å². The average Bonchev–Trinajstić information content (AvgIpc) is 2.41. The largest absolute Gasteiger partial charge is 0.385 e. The van der Waals surface area contributed by atoms with E-state index in [-0.39, 0.29) is 23.5 Å². The number of carbonyl (C=O) groups is 1. The highest BCUT2D eigenvalue weighted by Gasteiger charge is 2.25. The Morgan fingerprint density at radius 1 is 1.29 bits per heavy atom. The van der Waals surface area contributed by atoms with Crippen LogP contribution in [0.1, 0.15) is 35.7 Å². The molecule has 1 aromatic rings. The Morgan fingerprint density at radius 3 is 2.57 bits per heavy atom. The first kappa shape index (κ1) is 15.8. The monoisotopic (exact) mass is 310 g/mol. The number of hydrogen-bond acceptors (Lipinski definition) is 4. The number of carbonyl (C=O) groups excluding carboxylic acids is 1. The molecule has 0 atom stereocenters. The Kier molecular flexibility index (Phi) is 4.88. The van der Waals surface area contributed by atoms with Crippen LogP contribution in [0.25, 0.3) is 0 Å². The summed E-state index contributed by atoms with van der Waals surface area (Å²) in [5.41, 5.74) is 2.51. The topological polar surface area (TPSA) is 75.3 Å². The zero-order valence-electron chi connectivity index (χ0n) is 12.5. The predicted molar refractivity (Wildman–Crippen MR) is 84.5 cm³/mol. The second-order valence-electron chi connectivity index (χ2n) is 5.48. The van der Waals surface area contributed by atoms with Crippen molar-refractivity contribution in [2.45, 2.75) is 32.7 Å². The number of nitrogens with one attached hydrogen (secondary N) is 2. The molecule has 0 aromatic heterocycles. The highest BCUT2D eigenvalue weighted by Crippen LogP contribution is 2.19. The summed E-state index contributed by atoms with van der Waals surface area (Å²) in [5, 5.41) is 6.14. The molecule has 2 rings (SSSR count). The van der Waals surface area contributed by atoms with Crippen molar-refractivity contribution in [1.82, 2.24) is 5.32 Å². The summed E-state index contributed by atoms with van der Waals surface area (Å²) >= 11 is 0. The van der Waals surface area contributed by atoms with Gasteiger partial charge in [0.05, 0.1) is 17.1 Å². The number of sulfone groups is 1. The number of aryl methyl sites for hydroxylation is 1. The molecule has 5 nitrogen and oxygen atoms in total. The van der Waals surface area contributed by atoms with Gasteiger partial charge in [-0.05, 0) is 44.4 Å². The second-order valence-corrected chi connectivity index (χ2v) is 7.78. The third kappa shape index (κ3) is 4.20. The molecule has 0 saturated carbocycles. The second kappa shape index (κ2) is 6.47. The van der Waals surface area contributed by atoms with Crippen molar-refractivity contribution in [2.75, 3.05) is 23.4 Å². The number of rotatable bonds is 4. The zero-order valence-corrected chi connectivity index (χ0v) is 13.3. The van der Waals surface area contributed by atoms with Gasteiger partial charge in [-0.3, -0.25) is 4.79 Å². The van der Waals surface area contributed by atoms with Crippen LogP contribution in [0, 0.1) is 6.92 Å². The third-order valence-electron chi connectivity index (χ3n) is 3.68. The maximum absolute atomic E-state index is 12.4. The fourth-order valence-corrected chi connectivity index (χ4v) is 3.98. The molecule has 6 heteroatoms. The standard InChI is InChI=1S/C15H22N2O3S/c1-3-16-14-10-11(2)4-5-13(14)15(18)17-12-6-8-21(19,20)9-7-12/h4-5,10,12,16H,3,6-9H2,1-2H3,(H,17,18). The Balaban J connectivity index is 2.07. The molecule has 1 aromatic carbocycles. The predicted octanol–water partition coefficient (Wildman–Crippen LogP) is 1.73. The van der Waals surface area contributed by atoms with Crippen molar-refractivity contribution in [3.05, 3.63) is 29.3 Å². The van der Waals surface area contributed by atoms with Crippen molar-refractivity contribution in [3.8, 4) is 0 Å². The molecule has 0 aliphatic carbocycles. The molecule has 1 saturated heterocycles. The van der Waals surface area contributed by atoms with Crippen LogP contribution < -0.4 is 10.6 Å². The van der Waals surface area contributed by atoms with Crippen molar-refractivity contribution in [1.29, 1.82) is 0 Å². The lowest BCUT2D eigenvalue weighted by Gasteiger charge is -2.23. The van der Waals surface area contributed by atoms with E-state index >= 15 is 0 Å². The minimum Gasteiger partial charge on any atom is -0.385 e. The zero-order chi connectivity index (χ0) is 15.5. The Hall–Kier alpha value is -1.56. The van der Waals surface area contributed by atoms with Crippen LogP contribution in [0.15, 0.2) is 18.2 Å². The molecule has 116 valence electrons.